The summed E-state index contributed by atoms with van der Waals surface area (Å²) in [6, 6.07) is 10.3. The van der Waals surface area contributed by atoms with E-state index in [-0.39, 0.29) is 11.6 Å². The van der Waals surface area contributed by atoms with Crippen molar-refractivity contribution < 1.29 is 4.79 Å². The fourth-order valence-electron chi connectivity index (χ4n) is 1.57. The monoisotopic (exact) mass is 234 g/mol. The Balaban J connectivity index is 2.47. The van der Waals surface area contributed by atoms with Crippen LogP contribution in [0.5, 0.6) is 0 Å². The average molecular weight is 234 g/mol. The predicted molar refractivity (Wildman–Crippen MR) is 71.1 cm³/mol. The van der Waals surface area contributed by atoms with E-state index in [1.807, 2.05) is 18.2 Å². The SMILES string of the molecule is CN(C)C(=O)NC(C)(C)CCc1ccccc1. The Hall–Kier alpha value is -1.51. The first kappa shape index (κ1) is 13.6. The summed E-state index contributed by atoms with van der Waals surface area (Å²) in [6.45, 7) is 4.11. The minimum atomic E-state index is -0.183. The molecule has 1 N–H and O–H groups in total. The number of urea groups is 1. The van der Waals surface area contributed by atoms with Gasteiger partial charge < -0.3 is 10.2 Å². The molecule has 0 unspecified atom stereocenters. The van der Waals surface area contributed by atoms with Crippen LogP contribution in [0.15, 0.2) is 30.3 Å². The van der Waals surface area contributed by atoms with Gasteiger partial charge in [-0.1, -0.05) is 30.3 Å². The molecular weight excluding hydrogens is 212 g/mol. The number of hydrogen-bond acceptors (Lipinski definition) is 1. The van der Waals surface area contributed by atoms with E-state index in [1.54, 1.807) is 19.0 Å². The molecule has 0 fully saturated rings. The number of amides is 2. The third kappa shape index (κ3) is 4.89. The molecule has 0 spiro atoms. The lowest BCUT2D eigenvalue weighted by atomic mass is 9.95. The lowest BCUT2D eigenvalue weighted by Gasteiger charge is -2.28. The summed E-state index contributed by atoms with van der Waals surface area (Å²) in [7, 11) is 3.51. The molecule has 0 atom stereocenters. The summed E-state index contributed by atoms with van der Waals surface area (Å²) in [4.78, 5) is 13.1. The second-order valence-corrected chi connectivity index (χ2v) is 5.19. The van der Waals surface area contributed by atoms with E-state index in [0.29, 0.717) is 0 Å². The van der Waals surface area contributed by atoms with Crippen molar-refractivity contribution in [2.75, 3.05) is 14.1 Å². The number of carbonyl (C=O) groups is 1. The number of aryl methyl sites for hydroxylation is 1. The second kappa shape index (κ2) is 5.71. The van der Waals surface area contributed by atoms with Crippen molar-refractivity contribution in [1.29, 1.82) is 0 Å². The van der Waals surface area contributed by atoms with E-state index in [9.17, 15) is 4.79 Å². The summed E-state index contributed by atoms with van der Waals surface area (Å²) >= 11 is 0. The van der Waals surface area contributed by atoms with Gasteiger partial charge in [0.05, 0.1) is 0 Å². The summed E-state index contributed by atoms with van der Waals surface area (Å²) in [5.74, 6) is 0. The van der Waals surface area contributed by atoms with E-state index >= 15 is 0 Å². The highest BCUT2D eigenvalue weighted by Gasteiger charge is 2.20. The van der Waals surface area contributed by atoms with E-state index in [2.05, 4.69) is 31.3 Å². The maximum atomic E-state index is 11.6. The smallest absolute Gasteiger partial charge is 0.317 e. The summed E-state index contributed by atoms with van der Waals surface area (Å²) < 4.78 is 0. The highest BCUT2D eigenvalue weighted by atomic mass is 16.2. The lowest BCUT2D eigenvalue weighted by Crippen LogP contribution is -2.48. The third-order valence-corrected chi connectivity index (χ3v) is 2.73. The molecule has 0 saturated carbocycles. The van der Waals surface area contributed by atoms with E-state index in [1.165, 1.54) is 5.56 Å². The maximum absolute atomic E-state index is 11.6. The van der Waals surface area contributed by atoms with Crippen LogP contribution in [0.25, 0.3) is 0 Å². The van der Waals surface area contributed by atoms with Gasteiger partial charge in [0.15, 0.2) is 0 Å². The Morgan fingerprint density at radius 2 is 1.82 bits per heavy atom. The average Bonchev–Trinajstić information content (AvgIpc) is 2.27. The summed E-state index contributed by atoms with van der Waals surface area (Å²) in [6.07, 6.45) is 1.90. The van der Waals surface area contributed by atoms with Crippen LogP contribution in [0, 0.1) is 0 Å². The summed E-state index contributed by atoms with van der Waals surface area (Å²) in [5, 5.41) is 3.01. The van der Waals surface area contributed by atoms with Gasteiger partial charge in [-0.05, 0) is 32.3 Å². The molecule has 3 heteroatoms. The van der Waals surface area contributed by atoms with Gasteiger partial charge in [-0.25, -0.2) is 4.79 Å². The van der Waals surface area contributed by atoms with Gasteiger partial charge >= 0.3 is 6.03 Å². The van der Waals surface area contributed by atoms with Crippen LogP contribution in [-0.2, 0) is 6.42 Å². The molecule has 0 saturated heterocycles. The molecule has 2 amide bonds. The van der Waals surface area contributed by atoms with E-state index in [4.69, 9.17) is 0 Å². The zero-order valence-corrected chi connectivity index (χ0v) is 11.2. The second-order valence-electron chi connectivity index (χ2n) is 5.19. The lowest BCUT2D eigenvalue weighted by molar-refractivity contribution is 0.204. The number of benzene rings is 1. The van der Waals surface area contributed by atoms with Crippen LogP contribution >= 0.6 is 0 Å². The standard InChI is InChI=1S/C14H22N2O/c1-14(2,15-13(17)16(3)4)11-10-12-8-6-5-7-9-12/h5-9H,10-11H2,1-4H3,(H,15,17). The van der Waals surface area contributed by atoms with Gasteiger partial charge in [0, 0.05) is 19.6 Å². The minimum Gasteiger partial charge on any atom is -0.333 e. The third-order valence-electron chi connectivity index (χ3n) is 2.73. The molecule has 0 aliphatic heterocycles. The Morgan fingerprint density at radius 1 is 1.24 bits per heavy atom. The molecule has 0 aliphatic rings. The number of nitrogens with zero attached hydrogens (tertiary/aromatic N) is 1. The van der Waals surface area contributed by atoms with Gasteiger partial charge in [-0.2, -0.15) is 0 Å². The topological polar surface area (TPSA) is 32.3 Å². The normalized spacial score (nSPS) is 11.1. The Morgan fingerprint density at radius 3 is 2.35 bits per heavy atom. The predicted octanol–water partition coefficient (Wildman–Crippen LogP) is 2.67. The first-order chi connectivity index (χ1) is 7.91. The van der Waals surface area contributed by atoms with Crippen LogP contribution < -0.4 is 5.32 Å². The van der Waals surface area contributed by atoms with Gasteiger partial charge in [0.25, 0.3) is 0 Å². The van der Waals surface area contributed by atoms with Crippen LogP contribution in [0.1, 0.15) is 25.8 Å². The molecule has 0 radical (unpaired) electrons. The highest BCUT2D eigenvalue weighted by Crippen LogP contribution is 2.13. The maximum Gasteiger partial charge on any atom is 0.317 e. The number of nitrogens with one attached hydrogen (secondary N) is 1. The van der Waals surface area contributed by atoms with Gasteiger partial charge in [-0.3, -0.25) is 0 Å². The number of carbonyl (C=O) groups excluding carboxylic acids is 1. The van der Waals surface area contributed by atoms with Crippen LogP contribution in [-0.4, -0.2) is 30.6 Å². The van der Waals surface area contributed by atoms with Crippen molar-refractivity contribution in [3.8, 4) is 0 Å². The molecule has 0 bridgehead atoms. The van der Waals surface area contributed by atoms with Crippen molar-refractivity contribution in [2.45, 2.75) is 32.2 Å². The van der Waals surface area contributed by atoms with Crippen molar-refractivity contribution in [3.05, 3.63) is 35.9 Å². The van der Waals surface area contributed by atoms with Crippen molar-refractivity contribution in [2.24, 2.45) is 0 Å². The van der Waals surface area contributed by atoms with E-state index < -0.39 is 0 Å². The zero-order chi connectivity index (χ0) is 12.9. The molecule has 0 aliphatic carbocycles. The fraction of sp³-hybridized carbons (Fsp3) is 0.500. The quantitative estimate of drug-likeness (QED) is 0.853. The molecule has 17 heavy (non-hydrogen) atoms. The molecule has 1 aromatic carbocycles. The Kier molecular flexibility index (Phi) is 4.55. The molecule has 0 aromatic heterocycles. The molecule has 1 aromatic rings. The van der Waals surface area contributed by atoms with Crippen LogP contribution in [0.3, 0.4) is 0 Å². The highest BCUT2D eigenvalue weighted by molar-refractivity contribution is 5.74. The minimum absolute atomic E-state index is 0.0388. The zero-order valence-electron chi connectivity index (χ0n) is 11.2. The number of rotatable bonds is 4. The van der Waals surface area contributed by atoms with Gasteiger partial charge in [-0.15, -0.1) is 0 Å². The molecule has 3 nitrogen and oxygen atoms in total. The Labute approximate surface area is 104 Å². The first-order valence-electron chi connectivity index (χ1n) is 5.94. The van der Waals surface area contributed by atoms with Crippen LogP contribution in [0.4, 0.5) is 4.79 Å². The van der Waals surface area contributed by atoms with Crippen LogP contribution in [0.2, 0.25) is 0 Å². The number of hydrogen-bond donors (Lipinski definition) is 1. The van der Waals surface area contributed by atoms with Crippen molar-refractivity contribution in [1.82, 2.24) is 10.2 Å². The molecule has 0 heterocycles. The van der Waals surface area contributed by atoms with E-state index in [0.717, 1.165) is 12.8 Å². The Bertz CT molecular complexity index is 358. The van der Waals surface area contributed by atoms with Crippen molar-refractivity contribution >= 4 is 6.03 Å². The molecule has 94 valence electrons. The molecule has 1 rings (SSSR count). The van der Waals surface area contributed by atoms with Gasteiger partial charge in [0.2, 0.25) is 0 Å². The summed E-state index contributed by atoms with van der Waals surface area (Å²) in [5.41, 5.74) is 1.12. The fourth-order valence-corrected chi connectivity index (χ4v) is 1.57. The van der Waals surface area contributed by atoms with Gasteiger partial charge in [0.1, 0.15) is 0 Å². The molecular formula is C14H22N2O. The largest absolute Gasteiger partial charge is 0.333 e. The van der Waals surface area contributed by atoms with Crippen molar-refractivity contribution in [3.63, 3.8) is 0 Å². The first-order valence-corrected chi connectivity index (χ1v) is 5.94.